The Morgan fingerprint density at radius 3 is 2.42 bits per heavy atom. The van der Waals surface area contributed by atoms with Crippen molar-refractivity contribution in [1.82, 2.24) is 9.80 Å². The van der Waals surface area contributed by atoms with Gasteiger partial charge < -0.3 is 9.64 Å². The van der Waals surface area contributed by atoms with E-state index in [0.29, 0.717) is 23.2 Å². The summed E-state index contributed by atoms with van der Waals surface area (Å²) in [5, 5.41) is 0.485. The Bertz CT molecular complexity index is 893. The normalized spacial score (nSPS) is 15.9. The van der Waals surface area contributed by atoms with Crippen LogP contribution < -0.4 is 4.74 Å². The molecule has 1 aliphatic rings. The molecule has 0 aliphatic carbocycles. The van der Waals surface area contributed by atoms with Gasteiger partial charge in [-0.3, -0.25) is 9.69 Å². The number of ether oxygens (including phenoxy) is 1. The van der Waals surface area contributed by atoms with Crippen molar-refractivity contribution in [2.24, 2.45) is 0 Å². The van der Waals surface area contributed by atoms with Gasteiger partial charge in [0.05, 0.1) is 0 Å². The molecule has 1 fully saturated rings. The largest absolute Gasteiger partial charge is 0.488 e. The first kappa shape index (κ1) is 18.6. The van der Waals surface area contributed by atoms with Crippen LogP contribution in [0.25, 0.3) is 6.08 Å². The lowest BCUT2D eigenvalue weighted by molar-refractivity contribution is -0.121. The fourth-order valence-electron chi connectivity index (χ4n) is 2.65. The maximum Gasteiger partial charge on any atom is 0.276 e. The van der Waals surface area contributed by atoms with Crippen LogP contribution in [0, 0.1) is 6.92 Å². The summed E-state index contributed by atoms with van der Waals surface area (Å²) in [6.45, 7) is 2.51. The van der Waals surface area contributed by atoms with E-state index in [-0.39, 0.29) is 5.91 Å². The van der Waals surface area contributed by atoms with Gasteiger partial charge in [-0.2, -0.15) is 0 Å². The van der Waals surface area contributed by atoms with Crippen molar-refractivity contribution >= 4 is 45.2 Å². The van der Waals surface area contributed by atoms with Gasteiger partial charge in [-0.25, -0.2) is 0 Å². The molecule has 3 rings (SSSR count). The second-order valence-corrected chi connectivity index (χ2v) is 7.47. The second-order valence-electron chi connectivity index (χ2n) is 6.19. The number of aryl methyl sites for hydroxylation is 1. The lowest BCUT2D eigenvalue weighted by Crippen LogP contribution is -2.26. The van der Waals surface area contributed by atoms with Gasteiger partial charge in [0.25, 0.3) is 5.91 Å². The molecule has 0 unspecified atom stereocenters. The Morgan fingerprint density at radius 1 is 1.12 bits per heavy atom. The number of carbonyl (C=O) groups excluding carboxylic acids is 1. The number of thiocarbonyl (C=S) groups is 1. The molecule has 0 spiro atoms. The zero-order valence-electron chi connectivity index (χ0n) is 14.8. The molecule has 0 radical (unpaired) electrons. The van der Waals surface area contributed by atoms with Gasteiger partial charge in [-0.05, 0) is 49.0 Å². The molecule has 2 aromatic rings. The first-order chi connectivity index (χ1) is 12.4. The van der Waals surface area contributed by atoms with Crippen LogP contribution in [-0.2, 0) is 11.4 Å². The number of hydrogen-bond acceptors (Lipinski definition) is 3. The van der Waals surface area contributed by atoms with Crippen LogP contribution in [0.3, 0.4) is 0 Å². The number of amides is 1. The van der Waals surface area contributed by atoms with Crippen molar-refractivity contribution in [3.63, 3.8) is 0 Å². The standard InChI is InChI=1S/C20H19BrN2O2S/c1-13-4-6-14(7-5-13)12-25-18-9-8-16(21)10-15(18)11-17-19(24)23(3)20(26)22(17)2/h4-11H,12H2,1-3H3/b17-11-. The number of benzene rings is 2. The number of halogens is 1. The topological polar surface area (TPSA) is 32.8 Å². The number of carbonyl (C=O) groups is 1. The summed E-state index contributed by atoms with van der Waals surface area (Å²) in [7, 11) is 3.47. The van der Waals surface area contributed by atoms with Crippen LogP contribution in [0.1, 0.15) is 16.7 Å². The zero-order chi connectivity index (χ0) is 18.8. The van der Waals surface area contributed by atoms with Gasteiger partial charge in [0, 0.05) is 24.1 Å². The Balaban J connectivity index is 1.89. The van der Waals surface area contributed by atoms with Crippen LogP contribution in [0.2, 0.25) is 0 Å². The molecule has 1 heterocycles. The van der Waals surface area contributed by atoms with Crippen molar-refractivity contribution in [1.29, 1.82) is 0 Å². The fraction of sp³-hybridized carbons (Fsp3) is 0.200. The van der Waals surface area contributed by atoms with Gasteiger partial charge >= 0.3 is 0 Å². The average Bonchev–Trinajstić information content (AvgIpc) is 2.80. The summed E-state index contributed by atoms with van der Waals surface area (Å²) >= 11 is 8.75. The van der Waals surface area contributed by atoms with Crippen LogP contribution in [0.4, 0.5) is 0 Å². The molecule has 0 N–H and O–H groups in total. The van der Waals surface area contributed by atoms with E-state index in [0.717, 1.165) is 15.6 Å². The first-order valence-corrected chi connectivity index (χ1v) is 9.32. The summed E-state index contributed by atoms with van der Waals surface area (Å²) in [5.74, 6) is 0.588. The maximum atomic E-state index is 12.4. The van der Waals surface area contributed by atoms with Gasteiger partial charge in [0.2, 0.25) is 0 Å². The molecular weight excluding hydrogens is 412 g/mol. The Labute approximate surface area is 167 Å². The quantitative estimate of drug-likeness (QED) is 0.532. The highest BCUT2D eigenvalue weighted by atomic mass is 79.9. The van der Waals surface area contributed by atoms with E-state index in [1.54, 1.807) is 19.0 Å². The summed E-state index contributed by atoms with van der Waals surface area (Å²) in [4.78, 5) is 15.6. The third-order valence-corrected chi connectivity index (χ3v) is 5.28. The highest BCUT2D eigenvalue weighted by Crippen LogP contribution is 2.29. The van der Waals surface area contributed by atoms with Gasteiger partial charge in [-0.1, -0.05) is 45.8 Å². The number of hydrogen-bond donors (Lipinski definition) is 0. The number of nitrogens with zero attached hydrogens (tertiary/aromatic N) is 2. The monoisotopic (exact) mass is 430 g/mol. The molecule has 2 aromatic carbocycles. The minimum atomic E-state index is -0.123. The molecule has 0 saturated carbocycles. The summed E-state index contributed by atoms with van der Waals surface area (Å²) in [5.41, 5.74) is 3.65. The molecule has 0 aromatic heterocycles. The minimum Gasteiger partial charge on any atom is -0.488 e. The van der Waals surface area contributed by atoms with E-state index in [9.17, 15) is 4.79 Å². The number of rotatable bonds is 4. The first-order valence-electron chi connectivity index (χ1n) is 8.12. The van der Waals surface area contributed by atoms with E-state index < -0.39 is 0 Å². The van der Waals surface area contributed by atoms with Crippen LogP contribution in [0.5, 0.6) is 5.75 Å². The molecular formula is C20H19BrN2O2S. The van der Waals surface area contributed by atoms with Gasteiger partial charge in [-0.15, -0.1) is 0 Å². The Kier molecular flexibility index (Phi) is 5.44. The predicted octanol–water partition coefficient (Wildman–Crippen LogP) is 4.37. The zero-order valence-corrected chi connectivity index (χ0v) is 17.2. The third-order valence-electron chi connectivity index (χ3n) is 4.24. The summed E-state index contributed by atoms with van der Waals surface area (Å²) in [6, 6.07) is 14.0. The Hall–Kier alpha value is -2.18. The van der Waals surface area contributed by atoms with Gasteiger partial charge in [0.1, 0.15) is 18.1 Å². The lowest BCUT2D eigenvalue weighted by atomic mass is 10.1. The second kappa shape index (κ2) is 7.60. The molecule has 0 atom stereocenters. The van der Waals surface area contributed by atoms with E-state index in [1.807, 2.05) is 36.4 Å². The molecule has 1 saturated heterocycles. The molecule has 134 valence electrons. The Morgan fingerprint density at radius 2 is 1.81 bits per heavy atom. The smallest absolute Gasteiger partial charge is 0.276 e. The lowest BCUT2D eigenvalue weighted by Gasteiger charge is -2.13. The molecule has 4 nitrogen and oxygen atoms in total. The molecule has 6 heteroatoms. The third kappa shape index (κ3) is 3.81. The van der Waals surface area contributed by atoms with Crippen molar-refractivity contribution < 1.29 is 9.53 Å². The van der Waals surface area contributed by atoms with E-state index in [4.69, 9.17) is 17.0 Å². The fourth-order valence-corrected chi connectivity index (χ4v) is 3.21. The molecule has 0 bridgehead atoms. The molecule has 26 heavy (non-hydrogen) atoms. The van der Waals surface area contributed by atoms with Crippen molar-refractivity contribution in [2.45, 2.75) is 13.5 Å². The van der Waals surface area contributed by atoms with E-state index in [2.05, 4.69) is 35.0 Å². The molecule has 1 amide bonds. The highest BCUT2D eigenvalue weighted by Gasteiger charge is 2.32. The van der Waals surface area contributed by atoms with Crippen LogP contribution >= 0.6 is 28.1 Å². The van der Waals surface area contributed by atoms with Crippen molar-refractivity contribution in [2.75, 3.05) is 14.1 Å². The highest BCUT2D eigenvalue weighted by molar-refractivity contribution is 9.10. The summed E-state index contributed by atoms with van der Waals surface area (Å²) in [6.07, 6.45) is 1.81. The van der Waals surface area contributed by atoms with Crippen molar-refractivity contribution in [3.8, 4) is 5.75 Å². The van der Waals surface area contributed by atoms with Gasteiger partial charge in [0.15, 0.2) is 5.11 Å². The predicted molar refractivity (Wildman–Crippen MR) is 111 cm³/mol. The maximum absolute atomic E-state index is 12.4. The van der Waals surface area contributed by atoms with Crippen LogP contribution in [0.15, 0.2) is 52.6 Å². The van der Waals surface area contributed by atoms with E-state index >= 15 is 0 Å². The van der Waals surface area contributed by atoms with E-state index in [1.165, 1.54) is 10.5 Å². The van der Waals surface area contributed by atoms with Crippen LogP contribution in [-0.4, -0.2) is 34.9 Å². The van der Waals surface area contributed by atoms with Crippen molar-refractivity contribution in [3.05, 3.63) is 69.3 Å². The SMILES string of the molecule is Cc1ccc(COc2ccc(Br)cc2/C=C2/C(=O)N(C)C(=S)N2C)cc1. The minimum absolute atomic E-state index is 0.123. The molecule has 1 aliphatic heterocycles. The average molecular weight is 431 g/mol. The summed E-state index contributed by atoms with van der Waals surface area (Å²) < 4.78 is 6.92. The number of likely N-dealkylation sites (N-methyl/N-ethyl adjacent to an activating group) is 2.